The second-order valence-corrected chi connectivity index (χ2v) is 6.49. The summed E-state index contributed by atoms with van der Waals surface area (Å²) < 4.78 is 13.2. The largest absolute Gasteiger partial charge is 0.304 e. The van der Waals surface area contributed by atoms with E-state index in [1.165, 1.54) is 21.4 Å². The lowest BCUT2D eigenvalue weighted by molar-refractivity contribution is 0.491. The zero-order valence-corrected chi connectivity index (χ0v) is 12.6. The number of thiophene rings is 1. The van der Waals surface area contributed by atoms with Gasteiger partial charge in [0.15, 0.2) is 0 Å². The molecular formula is C16H20FNS. The first-order valence-electron chi connectivity index (χ1n) is 6.56. The van der Waals surface area contributed by atoms with Gasteiger partial charge in [-0.1, -0.05) is 12.1 Å². The maximum Gasteiger partial charge on any atom is 0.123 e. The first-order chi connectivity index (χ1) is 8.97. The van der Waals surface area contributed by atoms with E-state index in [4.69, 9.17) is 0 Å². The van der Waals surface area contributed by atoms with Crippen molar-refractivity contribution in [2.75, 3.05) is 0 Å². The van der Waals surface area contributed by atoms with E-state index in [2.05, 4.69) is 39.1 Å². The summed E-state index contributed by atoms with van der Waals surface area (Å²) in [5.41, 5.74) is 2.32. The van der Waals surface area contributed by atoms with Crippen molar-refractivity contribution in [1.29, 1.82) is 0 Å². The molecule has 0 radical (unpaired) electrons. The molecule has 0 aliphatic carbocycles. The van der Waals surface area contributed by atoms with Crippen molar-refractivity contribution in [3.05, 3.63) is 57.0 Å². The zero-order chi connectivity index (χ0) is 14.0. The third-order valence-electron chi connectivity index (χ3n) is 3.39. The van der Waals surface area contributed by atoms with E-state index in [-0.39, 0.29) is 17.9 Å². The molecule has 1 aromatic carbocycles. The van der Waals surface area contributed by atoms with Crippen molar-refractivity contribution in [2.45, 2.75) is 39.8 Å². The topological polar surface area (TPSA) is 12.0 Å². The molecule has 1 heterocycles. The van der Waals surface area contributed by atoms with Gasteiger partial charge < -0.3 is 5.32 Å². The Hall–Kier alpha value is -1.19. The fraction of sp³-hybridized carbons (Fsp3) is 0.375. The minimum Gasteiger partial charge on any atom is -0.304 e. The van der Waals surface area contributed by atoms with Gasteiger partial charge in [-0.3, -0.25) is 0 Å². The Kier molecular flexibility index (Phi) is 4.38. The summed E-state index contributed by atoms with van der Waals surface area (Å²) in [6, 6.07) is 9.42. The molecule has 0 aliphatic heterocycles. The summed E-state index contributed by atoms with van der Waals surface area (Å²) >= 11 is 1.82. The van der Waals surface area contributed by atoms with Crippen molar-refractivity contribution < 1.29 is 4.39 Å². The molecule has 0 bridgehead atoms. The van der Waals surface area contributed by atoms with Gasteiger partial charge in [-0.15, -0.1) is 11.3 Å². The van der Waals surface area contributed by atoms with E-state index in [0.717, 1.165) is 5.56 Å². The van der Waals surface area contributed by atoms with Gasteiger partial charge in [0.1, 0.15) is 5.82 Å². The lowest BCUT2D eigenvalue weighted by Crippen LogP contribution is -2.22. The normalized spacial score (nSPS) is 14.4. The van der Waals surface area contributed by atoms with Crippen molar-refractivity contribution in [3.63, 3.8) is 0 Å². The molecule has 0 saturated heterocycles. The molecule has 2 unspecified atom stereocenters. The number of benzene rings is 1. The standard InChI is InChI=1S/C16H20FNS/c1-10-8-16(13(4)19-10)12(3)18-11(2)14-6-5-7-15(17)9-14/h5-9,11-12,18H,1-4H3. The van der Waals surface area contributed by atoms with Crippen LogP contribution in [0.3, 0.4) is 0 Å². The van der Waals surface area contributed by atoms with Crippen LogP contribution >= 0.6 is 11.3 Å². The highest BCUT2D eigenvalue weighted by atomic mass is 32.1. The van der Waals surface area contributed by atoms with Crippen molar-refractivity contribution in [3.8, 4) is 0 Å². The minimum atomic E-state index is -0.179. The lowest BCUT2D eigenvalue weighted by Gasteiger charge is -2.20. The van der Waals surface area contributed by atoms with Crippen molar-refractivity contribution >= 4 is 11.3 Å². The van der Waals surface area contributed by atoms with Gasteiger partial charge in [-0.2, -0.15) is 0 Å². The first kappa shape index (κ1) is 14.2. The molecule has 1 N–H and O–H groups in total. The molecule has 2 atom stereocenters. The van der Waals surface area contributed by atoms with Crippen LogP contribution < -0.4 is 5.32 Å². The Morgan fingerprint density at radius 2 is 1.84 bits per heavy atom. The Morgan fingerprint density at radius 3 is 2.42 bits per heavy atom. The smallest absolute Gasteiger partial charge is 0.123 e. The highest BCUT2D eigenvalue weighted by Gasteiger charge is 2.14. The van der Waals surface area contributed by atoms with Gasteiger partial charge in [0.05, 0.1) is 0 Å². The summed E-state index contributed by atoms with van der Waals surface area (Å²) in [5, 5.41) is 3.53. The fourth-order valence-corrected chi connectivity index (χ4v) is 3.44. The van der Waals surface area contributed by atoms with Crippen LogP contribution in [0.2, 0.25) is 0 Å². The molecule has 0 amide bonds. The molecule has 1 aromatic heterocycles. The van der Waals surface area contributed by atoms with Crippen LogP contribution in [0.5, 0.6) is 0 Å². The predicted octanol–water partition coefficient (Wildman–Crippen LogP) is 4.92. The number of nitrogens with one attached hydrogen (secondary N) is 1. The highest BCUT2D eigenvalue weighted by molar-refractivity contribution is 7.12. The molecule has 19 heavy (non-hydrogen) atoms. The van der Waals surface area contributed by atoms with Gasteiger partial charge in [0.2, 0.25) is 0 Å². The Morgan fingerprint density at radius 1 is 1.11 bits per heavy atom. The lowest BCUT2D eigenvalue weighted by atomic mass is 10.0. The highest BCUT2D eigenvalue weighted by Crippen LogP contribution is 2.28. The second kappa shape index (κ2) is 5.85. The van der Waals surface area contributed by atoms with Crippen LogP contribution in [0, 0.1) is 19.7 Å². The molecular weight excluding hydrogens is 257 g/mol. The minimum absolute atomic E-state index is 0.130. The molecule has 102 valence electrons. The molecule has 0 saturated carbocycles. The summed E-state index contributed by atoms with van der Waals surface area (Å²) in [5.74, 6) is -0.179. The van der Waals surface area contributed by atoms with E-state index in [9.17, 15) is 4.39 Å². The van der Waals surface area contributed by atoms with Gasteiger partial charge in [0, 0.05) is 21.8 Å². The van der Waals surface area contributed by atoms with Crippen LogP contribution in [0.25, 0.3) is 0 Å². The van der Waals surface area contributed by atoms with E-state index < -0.39 is 0 Å². The van der Waals surface area contributed by atoms with Crippen molar-refractivity contribution in [1.82, 2.24) is 5.32 Å². The average Bonchev–Trinajstić information content (AvgIpc) is 2.68. The second-order valence-electron chi connectivity index (χ2n) is 5.03. The van der Waals surface area contributed by atoms with Gasteiger partial charge in [-0.05, 0) is 57.0 Å². The number of hydrogen-bond donors (Lipinski definition) is 1. The van der Waals surface area contributed by atoms with E-state index in [1.807, 2.05) is 17.4 Å². The Balaban J connectivity index is 2.10. The van der Waals surface area contributed by atoms with E-state index in [1.54, 1.807) is 12.1 Å². The van der Waals surface area contributed by atoms with Gasteiger partial charge >= 0.3 is 0 Å². The predicted molar refractivity (Wildman–Crippen MR) is 80.2 cm³/mol. The summed E-state index contributed by atoms with van der Waals surface area (Å²) in [6.07, 6.45) is 0. The fourth-order valence-electron chi connectivity index (χ4n) is 2.42. The van der Waals surface area contributed by atoms with Crippen LogP contribution in [0.4, 0.5) is 4.39 Å². The summed E-state index contributed by atoms with van der Waals surface area (Å²) in [6.45, 7) is 8.51. The van der Waals surface area contributed by atoms with E-state index in [0.29, 0.717) is 0 Å². The quantitative estimate of drug-likeness (QED) is 0.836. The average molecular weight is 277 g/mol. The molecule has 0 aliphatic rings. The van der Waals surface area contributed by atoms with Crippen LogP contribution in [0.15, 0.2) is 30.3 Å². The SMILES string of the molecule is Cc1cc(C(C)NC(C)c2cccc(F)c2)c(C)s1. The number of rotatable bonds is 4. The van der Waals surface area contributed by atoms with Crippen LogP contribution in [-0.2, 0) is 0 Å². The van der Waals surface area contributed by atoms with E-state index >= 15 is 0 Å². The maximum absolute atomic E-state index is 13.2. The Bertz CT molecular complexity index is 562. The molecule has 0 fully saturated rings. The molecule has 1 nitrogen and oxygen atoms in total. The zero-order valence-electron chi connectivity index (χ0n) is 11.8. The van der Waals surface area contributed by atoms with Crippen LogP contribution in [0.1, 0.15) is 46.8 Å². The molecule has 3 heteroatoms. The van der Waals surface area contributed by atoms with Crippen molar-refractivity contribution in [2.24, 2.45) is 0 Å². The maximum atomic E-state index is 13.2. The molecule has 0 spiro atoms. The third kappa shape index (κ3) is 3.43. The first-order valence-corrected chi connectivity index (χ1v) is 7.37. The number of aryl methyl sites for hydroxylation is 2. The third-order valence-corrected chi connectivity index (χ3v) is 4.38. The van der Waals surface area contributed by atoms with Gasteiger partial charge in [0.25, 0.3) is 0 Å². The van der Waals surface area contributed by atoms with Gasteiger partial charge in [-0.25, -0.2) is 4.39 Å². The number of halogens is 1. The number of hydrogen-bond acceptors (Lipinski definition) is 2. The Labute approximate surface area is 118 Å². The monoisotopic (exact) mass is 277 g/mol. The summed E-state index contributed by atoms with van der Waals surface area (Å²) in [4.78, 5) is 2.68. The molecule has 2 aromatic rings. The van der Waals surface area contributed by atoms with Crippen LogP contribution in [-0.4, -0.2) is 0 Å². The molecule has 2 rings (SSSR count). The summed E-state index contributed by atoms with van der Waals surface area (Å²) in [7, 11) is 0.